The van der Waals surface area contributed by atoms with Gasteiger partial charge in [0.25, 0.3) is 0 Å². The largest absolute Gasteiger partial charge is 0.379 e. The van der Waals surface area contributed by atoms with E-state index in [2.05, 4.69) is 10.6 Å². The van der Waals surface area contributed by atoms with E-state index in [1.807, 2.05) is 0 Å². The van der Waals surface area contributed by atoms with E-state index in [1.165, 1.54) is 0 Å². The molecule has 2 unspecified atom stereocenters. The monoisotopic (exact) mass is 296 g/mol. The molecule has 18 heavy (non-hydrogen) atoms. The zero-order valence-electron chi connectivity index (χ0n) is 10.4. The minimum absolute atomic E-state index is 0. The number of hydrogen-bond acceptors (Lipinski definition) is 5. The number of halogens is 1. The minimum Gasteiger partial charge on any atom is -0.379 e. The van der Waals surface area contributed by atoms with Gasteiger partial charge in [0, 0.05) is 31.4 Å². The standard InChI is InChI=1S/C11H20N2O3S.ClH/c14-11(10-7-17-8-13-10)12-3-1-4-16-9-2-5-15-6-9;/h9-10,13H,1-8H2,(H,12,14);1H. The molecule has 2 fully saturated rings. The van der Waals surface area contributed by atoms with Gasteiger partial charge >= 0.3 is 0 Å². The lowest BCUT2D eigenvalue weighted by Crippen LogP contribution is -2.42. The Hall–Kier alpha value is -0.0100. The van der Waals surface area contributed by atoms with Gasteiger partial charge in [-0.25, -0.2) is 0 Å². The molecule has 1 amide bonds. The Morgan fingerprint density at radius 3 is 3.11 bits per heavy atom. The van der Waals surface area contributed by atoms with Gasteiger partial charge in [-0.3, -0.25) is 10.1 Å². The lowest BCUT2D eigenvalue weighted by atomic mass is 10.3. The fraction of sp³-hybridized carbons (Fsp3) is 0.909. The summed E-state index contributed by atoms with van der Waals surface area (Å²) in [6, 6.07) is -0.0100. The average molecular weight is 297 g/mol. The molecule has 7 heteroatoms. The second-order valence-corrected chi connectivity index (χ2v) is 5.30. The molecule has 2 aliphatic heterocycles. The summed E-state index contributed by atoms with van der Waals surface area (Å²) < 4.78 is 10.8. The molecule has 0 aromatic heterocycles. The second-order valence-electron chi connectivity index (χ2n) is 4.27. The number of hydrogen-bond donors (Lipinski definition) is 2. The van der Waals surface area contributed by atoms with Crippen molar-refractivity contribution in [3.63, 3.8) is 0 Å². The van der Waals surface area contributed by atoms with E-state index in [4.69, 9.17) is 9.47 Å². The Kier molecular flexibility index (Phi) is 8.01. The van der Waals surface area contributed by atoms with Crippen LogP contribution in [0.4, 0.5) is 0 Å². The first-order valence-corrected chi connectivity index (χ1v) is 7.30. The molecule has 2 rings (SSSR count). The van der Waals surface area contributed by atoms with Gasteiger partial charge in [-0.2, -0.15) is 0 Å². The maximum atomic E-state index is 11.6. The van der Waals surface area contributed by atoms with Crippen LogP contribution in [-0.2, 0) is 14.3 Å². The number of ether oxygens (including phenoxy) is 2. The first kappa shape index (κ1) is 16.0. The van der Waals surface area contributed by atoms with Crippen molar-refractivity contribution < 1.29 is 14.3 Å². The highest BCUT2D eigenvalue weighted by atomic mass is 35.5. The van der Waals surface area contributed by atoms with Gasteiger partial charge in [-0.05, 0) is 12.8 Å². The maximum absolute atomic E-state index is 11.6. The fourth-order valence-electron chi connectivity index (χ4n) is 1.86. The van der Waals surface area contributed by atoms with Crippen LogP contribution in [0, 0.1) is 0 Å². The summed E-state index contributed by atoms with van der Waals surface area (Å²) in [5.41, 5.74) is 0. The van der Waals surface area contributed by atoms with Crippen molar-refractivity contribution in [1.82, 2.24) is 10.6 Å². The van der Waals surface area contributed by atoms with E-state index in [1.54, 1.807) is 11.8 Å². The van der Waals surface area contributed by atoms with Gasteiger partial charge in [0.15, 0.2) is 0 Å². The third-order valence-corrected chi connectivity index (χ3v) is 3.83. The molecule has 0 aromatic rings. The van der Waals surface area contributed by atoms with Crippen LogP contribution in [0.25, 0.3) is 0 Å². The van der Waals surface area contributed by atoms with E-state index in [0.29, 0.717) is 13.2 Å². The summed E-state index contributed by atoms with van der Waals surface area (Å²) >= 11 is 1.76. The van der Waals surface area contributed by atoms with Gasteiger partial charge < -0.3 is 14.8 Å². The highest BCUT2D eigenvalue weighted by Crippen LogP contribution is 2.09. The summed E-state index contributed by atoms with van der Waals surface area (Å²) in [5.74, 6) is 1.86. The van der Waals surface area contributed by atoms with Crippen LogP contribution in [0.5, 0.6) is 0 Å². The maximum Gasteiger partial charge on any atom is 0.238 e. The Bertz CT molecular complexity index is 246. The first-order valence-electron chi connectivity index (χ1n) is 6.14. The van der Waals surface area contributed by atoms with Crippen LogP contribution >= 0.6 is 24.2 Å². The lowest BCUT2D eigenvalue weighted by Gasteiger charge is -2.12. The summed E-state index contributed by atoms with van der Waals surface area (Å²) in [7, 11) is 0. The van der Waals surface area contributed by atoms with Crippen molar-refractivity contribution in [3.8, 4) is 0 Å². The Morgan fingerprint density at radius 1 is 1.56 bits per heavy atom. The van der Waals surface area contributed by atoms with Gasteiger partial charge in [-0.15, -0.1) is 24.2 Å². The highest BCUT2D eigenvalue weighted by molar-refractivity contribution is 7.99. The molecule has 0 bridgehead atoms. The molecule has 0 spiro atoms. The third kappa shape index (κ3) is 5.32. The summed E-state index contributed by atoms with van der Waals surface area (Å²) in [4.78, 5) is 11.6. The van der Waals surface area contributed by atoms with Gasteiger partial charge in [0.05, 0.1) is 18.8 Å². The SMILES string of the molecule is Cl.O=C(NCCCOC1CCOC1)C1CSCN1. The predicted molar refractivity (Wildman–Crippen MR) is 74.3 cm³/mol. The zero-order valence-corrected chi connectivity index (χ0v) is 12.0. The molecule has 2 atom stereocenters. The van der Waals surface area contributed by atoms with Gasteiger partial charge in [-0.1, -0.05) is 0 Å². The number of thioether (sulfide) groups is 1. The summed E-state index contributed by atoms with van der Waals surface area (Å²) in [6.07, 6.45) is 2.12. The van der Waals surface area contributed by atoms with E-state index in [9.17, 15) is 4.79 Å². The zero-order chi connectivity index (χ0) is 11.9. The van der Waals surface area contributed by atoms with Crippen LogP contribution < -0.4 is 10.6 Å². The summed E-state index contributed by atoms with van der Waals surface area (Å²) in [5, 5.41) is 6.07. The van der Waals surface area contributed by atoms with Crippen LogP contribution in [0.2, 0.25) is 0 Å². The molecule has 2 heterocycles. The first-order chi connectivity index (χ1) is 8.36. The molecular formula is C11H21ClN2O3S. The molecular weight excluding hydrogens is 276 g/mol. The molecule has 0 aliphatic carbocycles. The van der Waals surface area contributed by atoms with Crippen molar-refractivity contribution >= 4 is 30.1 Å². The smallest absolute Gasteiger partial charge is 0.238 e. The van der Waals surface area contributed by atoms with Crippen molar-refractivity contribution in [2.24, 2.45) is 0 Å². The van der Waals surface area contributed by atoms with Crippen molar-refractivity contribution in [2.45, 2.75) is 25.0 Å². The summed E-state index contributed by atoms with van der Waals surface area (Å²) in [6.45, 7) is 2.92. The molecule has 106 valence electrons. The molecule has 2 N–H and O–H groups in total. The highest BCUT2D eigenvalue weighted by Gasteiger charge is 2.21. The topological polar surface area (TPSA) is 59.6 Å². The van der Waals surface area contributed by atoms with Crippen molar-refractivity contribution in [1.29, 1.82) is 0 Å². The number of rotatable bonds is 6. The lowest BCUT2D eigenvalue weighted by molar-refractivity contribution is -0.122. The molecule has 0 radical (unpaired) electrons. The van der Waals surface area contributed by atoms with Gasteiger partial charge in [0.1, 0.15) is 0 Å². The fourth-order valence-corrected chi connectivity index (χ4v) is 2.81. The molecule has 2 aliphatic rings. The van der Waals surface area contributed by atoms with E-state index in [0.717, 1.165) is 37.7 Å². The Balaban J connectivity index is 0.00000162. The molecule has 0 aromatic carbocycles. The third-order valence-electron chi connectivity index (χ3n) is 2.89. The van der Waals surface area contributed by atoms with Crippen LogP contribution in [0.1, 0.15) is 12.8 Å². The molecule has 2 saturated heterocycles. The Morgan fingerprint density at radius 2 is 2.44 bits per heavy atom. The number of nitrogens with one attached hydrogen (secondary N) is 2. The van der Waals surface area contributed by atoms with Crippen LogP contribution in [0.3, 0.4) is 0 Å². The van der Waals surface area contributed by atoms with Gasteiger partial charge in [0.2, 0.25) is 5.91 Å². The number of amides is 1. The predicted octanol–water partition coefficient (Wildman–Crippen LogP) is 0.382. The number of carbonyl (C=O) groups excluding carboxylic acids is 1. The average Bonchev–Trinajstić information content (AvgIpc) is 3.01. The van der Waals surface area contributed by atoms with E-state index >= 15 is 0 Å². The Labute approximate surface area is 118 Å². The van der Waals surface area contributed by atoms with Crippen molar-refractivity contribution in [2.75, 3.05) is 38.0 Å². The van der Waals surface area contributed by atoms with E-state index < -0.39 is 0 Å². The normalized spacial score (nSPS) is 26.9. The quantitative estimate of drug-likeness (QED) is 0.694. The van der Waals surface area contributed by atoms with Crippen LogP contribution in [0.15, 0.2) is 0 Å². The molecule has 5 nitrogen and oxygen atoms in total. The molecule has 0 saturated carbocycles. The minimum atomic E-state index is -0.0100. The number of carbonyl (C=O) groups is 1. The van der Waals surface area contributed by atoms with E-state index in [-0.39, 0.29) is 30.5 Å². The van der Waals surface area contributed by atoms with Crippen LogP contribution in [-0.4, -0.2) is 56.0 Å². The second kappa shape index (κ2) is 8.98. The van der Waals surface area contributed by atoms with Crippen molar-refractivity contribution in [3.05, 3.63) is 0 Å².